The number of amides is 1. The molecule has 0 radical (unpaired) electrons. The van der Waals surface area contributed by atoms with Crippen LogP contribution in [0.5, 0.6) is 5.75 Å². The Morgan fingerprint density at radius 2 is 2.25 bits per heavy atom. The lowest BCUT2D eigenvalue weighted by Crippen LogP contribution is -2.48. The summed E-state index contributed by atoms with van der Waals surface area (Å²) in [6.45, 7) is 3.85. The van der Waals surface area contributed by atoms with Crippen LogP contribution in [0, 0.1) is 0 Å². The number of rotatable bonds is 4. The Hall–Kier alpha value is -2.24. The predicted octanol–water partition coefficient (Wildman–Crippen LogP) is 0.974. The fourth-order valence-corrected chi connectivity index (χ4v) is 2.23. The summed E-state index contributed by atoms with van der Waals surface area (Å²) in [6.07, 6.45) is 0.00953. The summed E-state index contributed by atoms with van der Waals surface area (Å²) in [4.78, 5) is 14.1. The number of hydrogen-bond acceptors (Lipinski definition) is 4. The first-order valence-electron chi connectivity index (χ1n) is 6.54. The topological polar surface area (TPSA) is 88.1 Å². The van der Waals surface area contributed by atoms with Crippen molar-refractivity contribution in [2.24, 2.45) is 10.9 Å². The lowest BCUT2D eigenvalue weighted by molar-refractivity contribution is -0.138. The van der Waals surface area contributed by atoms with Crippen molar-refractivity contribution < 1.29 is 14.7 Å². The number of carbonyl (C=O) groups excluding carboxylic acids is 1. The molecule has 6 heteroatoms. The fourth-order valence-electron chi connectivity index (χ4n) is 2.23. The minimum atomic E-state index is -0.540. The fraction of sp³-hybridized carbons (Fsp3) is 0.429. The summed E-state index contributed by atoms with van der Waals surface area (Å²) in [6, 6.07) is 7.54. The monoisotopic (exact) mass is 277 g/mol. The molecule has 20 heavy (non-hydrogen) atoms. The summed E-state index contributed by atoms with van der Waals surface area (Å²) < 4.78 is 5.68. The summed E-state index contributed by atoms with van der Waals surface area (Å²) in [5, 5.41) is 11.6. The van der Waals surface area contributed by atoms with Crippen LogP contribution in [0.25, 0.3) is 0 Å². The Balaban J connectivity index is 2.10. The molecule has 0 saturated heterocycles. The van der Waals surface area contributed by atoms with E-state index in [2.05, 4.69) is 5.16 Å². The van der Waals surface area contributed by atoms with Gasteiger partial charge in [0, 0.05) is 12.5 Å². The summed E-state index contributed by atoms with van der Waals surface area (Å²) in [7, 11) is 0. The van der Waals surface area contributed by atoms with Gasteiger partial charge in [-0.2, -0.15) is 0 Å². The van der Waals surface area contributed by atoms with Crippen LogP contribution in [-0.2, 0) is 11.2 Å². The second-order valence-corrected chi connectivity index (χ2v) is 5.07. The minimum absolute atomic E-state index is 0.00237. The zero-order valence-electron chi connectivity index (χ0n) is 11.6. The van der Waals surface area contributed by atoms with Crippen LogP contribution in [0.3, 0.4) is 0 Å². The van der Waals surface area contributed by atoms with Gasteiger partial charge >= 0.3 is 0 Å². The largest absolute Gasteiger partial charge is 0.480 e. The van der Waals surface area contributed by atoms with Gasteiger partial charge in [0.15, 0.2) is 11.9 Å². The molecule has 0 fully saturated rings. The molecule has 1 aromatic rings. The standard InChI is InChI=1S/C14H19N3O3/c1-9(2)17(8-13(15)16-19)14(18)12-7-10-5-3-4-6-11(10)20-12/h3-6,9,12,19H,7-8H2,1-2H3,(H2,15,16). The zero-order chi connectivity index (χ0) is 14.7. The number of ether oxygens (including phenoxy) is 1. The van der Waals surface area contributed by atoms with Crippen molar-refractivity contribution in [1.29, 1.82) is 0 Å². The van der Waals surface area contributed by atoms with Crippen molar-refractivity contribution in [3.8, 4) is 5.75 Å². The van der Waals surface area contributed by atoms with E-state index >= 15 is 0 Å². The van der Waals surface area contributed by atoms with Crippen LogP contribution in [0.15, 0.2) is 29.4 Å². The van der Waals surface area contributed by atoms with E-state index in [0.717, 1.165) is 11.3 Å². The molecular weight excluding hydrogens is 258 g/mol. The molecule has 1 atom stereocenters. The van der Waals surface area contributed by atoms with Crippen LogP contribution >= 0.6 is 0 Å². The third kappa shape index (κ3) is 2.84. The third-order valence-corrected chi connectivity index (χ3v) is 3.29. The molecular formula is C14H19N3O3. The Morgan fingerprint density at radius 3 is 2.85 bits per heavy atom. The molecule has 0 spiro atoms. The first kappa shape index (κ1) is 14.2. The predicted molar refractivity (Wildman–Crippen MR) is 74.8 cm³/mol. The molecule has 2 rings (SSSR count). The van der Waals surface area contributed by atoms with Gasteiger partial charge < -0.3 is 20.6 Å². The Morgan fingerprint density at radius 1 is 1.55 bits per heavy atom. The lowest BCUT2D eigenvalue weighted by atomic mass is 10.1. The SMILES string of the molecule is CC(C)N(CC(N)=NO)C(=O)C1Cc2ccccc2O1. The molecule has 0 aromatic heterocycles. The van der Waals surface area contributed by atoms with Crippen molar-refractivity contribution in [3.05, 3.63) is 29.8 Å². The van der Waals surface area contributed by atoms with Gasteiger partial charge in [0.2, 0.25) is 0 Å². The highest BCUT2D eigenvalue weighted by atomic mass is 16.5. The molecule has 1 aliphatic rings. The van der Waals surface area contributed by atoms with Gasteiger partial charge in [0.1, 0.15) is 5.75 Å². The maximum absolute atomic E-state index is 12.5. The van der Waals surface area contributed by atoms with Gasteiger partial charge in [-0.15, -0.1) is 0 Å². The molecule has 0 aliphatic carbocycles. The molecule has 108 valence electrons. The number of amidine groups is 1. The van der Waals surface area contributed by atoms with Gasteiger partial charge in [-0.1, -0.05) is 23.4 Å². The van der Waals surface area contributed by atoms with Crippen molar-refractivity contribution in [1.82, 2.24) is 4.90 Å². The maximum Gasteiger partial charge on any atom is 0.264 e. The maximum atomic E-state index is 12.5. The van der Waals surface area contributed by atoms with E-state index in [9.17, 15) is 4.79 Å². The molecule has 0 saturated carbocycles. The summed E-state index contributed by atoms with van der Waals surface area (Å²) in [5.41, 5.74) is 6.52. The van der Waals surface area contributed by atoms with Crippen LogP contribution < -0.4 is 10.5 Å². The van der Waals surface area contributed by atoms with Gasteiger partial charge in [-0.25, -0.2) is 0 Å². The normalized spacial score (nSPS) is 17.8. The van der Waals surface area contributed by atoms with E-state index in [-0.39, 0.29) is 24.3 Å². The van der Waals surface area contributed by atoms with E-state index in [1.807, 2.05) is 38.1 Å². The smallest absolute Gasteiger partial charge is 0.264 e. The second kappa shape index (κ2) is 5.81. The number of nitrogens with two attached hydrogens (primary N) is 1. The van der Waals surface area contributed by atoms with Crippen molar-refractivity contribution >= 4 is 11.7 Å². The van der Waals surface area contributed by atoms with E-state index in [1.165, 1.54) is 0 Å². The molecule has 1 aliphatic heterocycles. The molecule has 1 amide bonds. The first-order valence-corrected chi connectivity index (χ1v) is 6.54. The van der Waals surface area contributed by atoms with Crippen LogP contribution in [0.4, 0.5) is 0 Å². The van der Waals surface area contributed by atoms with Gasteiger partial charge in [0.25, 0.3) is 5.91 Å². The number of hydrogen-bond donors (Lipinski definition) is 2. The van der Waals surface area contributed by atoms with E-state index in [0.29, 0.717) is 6.42 Å². The average molecular weight is 277 g/mol. The van der Waals surface area contributed by atoms with Crippen molar-refractivity contribution in [2.45, 2.75) is 32.4 Å². The average Bonchev–Trinajstić information content (AvgIpc) is 2.87. The quantitative estimate of drug-likeness (QED) is 0.371. The first-order chi connectivity index (χ1) is 9.52. The van der Waals surface area contributed by atoms with E-state index in [4.69, 9.17) is 15.7 Å². The zero-order valence-corrected chi connectivity index (χ0v) is 11.6. The van der Waals surface area contributed by atoms with Gasteiger partial charge in [0.05, 0.1) is 6.54 Å². The number of nitrogens with zero attached hydrogens (tertiary/aromatic N) is 2. The highest BCUT2D eigenvalue weighted by Crippen LogP contribution is 2.29. The van der Waals surface area contributed by atoms with Crippen molar-refractivity contribution in [2.75, 3.05) is 6.54 Å². The molecule has 6 nitrogen and oxygen atoms in total. The summed E-state index contributed by atoms with van der Waals surface area (Å²) in [5.74, 6) is 0.601. The number of oxime groups is 1. The second-order valence-electron chi connectivity index (χ2n) is 5.07. The third-order valence-electron chi connectivity index (χ3n) is 3.29. The summed E-state index contributed by atoms with van der Waals surface area (Å²) >= 11 is 0. The molecule has 1 aromatic carbocycles. The van der Waals surface area contributed by atoms with Crippen LogP contribution in [0.1, 0.15) is 19.4 Å². The van der Waals surface area contributed by atoms with E-state index < -0.39 is 6.10 Å². The number of fused-ring (bicyclic) bond motifs is 1. The molecule has 3 N–H and O–H groups in total. The van der Waals surface area contributed by atoms with Crippen LogP contribution in [0.2, 0.25) is 0 Å². The molecule has 1 heterocycles. The number of benzene rings is 1. The van der Waals surface area contributed by atoms with E-state index in [1.54, 1.807) is 4.90 Å². The van der Waals surface area contributed by atoms with Gasteiger partial charge in [-0.3, -0.25) is 4.79 Å². The molecule has 0 bridgehead atoms. The number of para-hydroxylation sites is 1. The van der Waals surface area contributed by atoms with Gasteiger partial charge in [-0.05, 0) is 25.5 Å². The Labute approximate surface area is 117 Å². The lowest BCUT2D eigenvalue weighted by Gasteiger charge is -2.28. The highest BCUT2D eigenvalue weighted by molar-refractivity contribution is 5.89. The molecule has 1 unspecified atom stereocenters. The Bertz CT molecular complexity index is 503. The number of carbonyl (C=O) groups is 1. The van der Waals surface area contributed by atoms with Crippen molar-refractivity contribution in [3.63, 3.8) is 0 Å². The Kier molecular flexibility index (Phi) is 4.12. The van der Waals surface area contributed by atoms with Crippen LogP contribution in [-0.4, -0.2) is 40.5 Å². The highest BCUT2D eigenvalue weighted by Gasteiger charge is 2.33. The minimum Gasteiger partial charge on any atom is -0.480 e.